The Labute approximate surface area is 274 Å². The van der Waals surface area contributed by atoms with Gasteiger partial charge >= 0.3 is 0 Å². The van der Waals surface area contributed by atoms with E-state index in [2.05, 4.69) is 34.9 Å². The average molecular weight is 693 g/mol. The molecule has 7 nitrogen and oxygen atoms in total. The zero-order chi connectivity index (χ0) is 32.2. The second-order valence-electron chi connectivity index (χ2n) is 10.6. The lowest BCUT2D eigenvalue weighted by Crippen LogP contribution is -2.21. The van der Waals surface area contributed by atoms with Crippen molar-refractivity contribution in [2.45, 2.75) is 40.2 Å². The topological polar surface area (TPSA) is 74.9 Å². The summed E-state index contributed by atoms with van der Waals surface area (Å²) >= 11 is 10.3. The van der Waals surface area contributed by atoms with Gasteiger partial charge < -0.3 is 14.2 Å². The molecule has 0 N–H and O–H groups in total. The van der Waals surface area contributed by atoms with Crippen LogP contribution in [0.4, 0.5) is 4.39 Å². The van der Waals surface area contributed by atoms with Crippen LogP contribution in [0.5, 0.6) is 17.2 Å². The molecule has 0 bridgehead atoms. The van der Waals surface area contributed by atoms with Crippen LogP contribution in [0.1, 0.15) is 48.9 Å². The largest absolute Gasteiger partial charge is 0.496 e. The summed E-state index contributed by atoms with van der Waals surface area (Å²) in [5, 5.41) is 5.30. The summed E-state index contributed by atoms with van der Waals surface area (Å²) in [6, 6.07) is 19.2. The number of methoxy groups -OCH3 is 1. The van der Waals surface area contributed by atoms with Crippen LogP contribution in [-0.2, 0) is 6.61 Å². The van der Waals surface area contributed by atoms with Crippen molar-refractivity contribution in [2.24, 2.45) is 5.10 Å². The molecule has 0 radical (unpaired) electrons. The van der Waals surface area contributed by atoms with Gasteiger partial charge in [-0.15, -0.1) is 0 Å². The molecule has 0 saturated heterocycles. The fourth-order valence-electron chi connectivity index (χ4n) is 4.95. The molecule has 0 amide bonds. The van der Waals surface area contributed by atoms with Gasteiger partial charge in [-0.05, 0) is 83.2 Å². The second kappa shape index (κ2) is 13.8. The van der Waals surface area contributed by atoms with E-state index in [1.54, 1.807) is 49.6 Å². The molecule has 10 heteroatoms. The highest BCUT2D eigenvalue weighted by molar-refractivity contribution is 9.10. The zero-order valence-corrected chi connectivity index (χ0v) is 27.9. The standard InChI is InChI=1S/C35H32BrClFN3O4/c1-6-44-30-16-23(31(36)32(37)33(30)45-19-22-11-7-9-13-27(22)38)18-39-41-34(40-28-14-10-8-12-24(28)35(41)42)26-17-25(20(2)3)29(43-5)15-21(26)4/h7-18,20H,6,19H2,1-5H3. The monoisotopic (exact) mass is 691 g/mol. The maximum atomic E-state index is 14.2. The second-order valence-corrected chi connectivity index (χ2v) is 11.8. The first-order valence-electron chi connectivity index (χ1n) is 14.4. The molecule has 1 aromatic heterocycles. The number of hydrogen-bond donors (Lipinski definition) is 0. The number of para-hydroxylation sites is 1. The van der Waals surface area contributed by atoms with Gasteiger partial charge in [0.05, 0.1) is 30.8 Å². The molecule has 0 atom stereocenters. The predicted octanol–water partition coefficient (Wildman–Crippen LogP) is 8.92. The van der Waals surface area contributed by atoms with Crippen LogP contribution in [-0.4, -0.2) is 29.6 Å². The van der Waals surface area contributed by atoms with Gasteiger partial charge in [0.25, 0.3) is 5.56 Å². The van der Waals surface area contributed by atoms with Crippen molar-refractivity contribution in [3.05, 3.63) is 115 Å². The fraction of sp³-hybridized carbons (Fsp3) is 0.229. The van der Waals surface area contributed by atoms with E-state index in [4.69, 9.17) is 30.8 Å². The molecular weight excluding hydrogens is 661 g/mol. The van der Waals surface area contributed by atoms with Crippen LogP contribution >= 0.6 is 27.5 Å². The zero-order valence-electron chi connectivity index (χ0n) is 25.5. The molecular formula is C35H32BrClFN3O4. The van der Waals surface area contributed by atoms with E-state index in [-0.39, 0.29) is 34.7 Å². The lowest BCUT2D eigenvalue weighted by Gasteiger charge is -2.18. The Morgan fingerprint density at radius 1 is 1.07 bits per heavy atom. The van der Waals surface area contributed by atoms with Gasteiger partial charge in [0.15, 0.2) is 17.3 Å². The molecule has 1 heterocycles. The number of halogens is 3. The molecule has 232 valence electrons. The van der Waals surface area contributed by atoms with Crippen LogP contribution in [0.15, 0.2) is 81.1 Å². The van der Waals surface area contributed by atoms with Gasteiger partial charge in [0, 0.05) is 21.2 Å². The molecule has 0 aliphatic heterocycles. The van der Waals surface area contributed by atoms with Crippen molar-refractivity contribution < 1.29 is 18.6 Å². The van der Waals surface area contributed by atoms with Crippen molar-refractivity contribution in [2.75, 3.05) is 13.7 Å². The Balaban J connectivity index is 1.64. The lowest BCUT2D eigenvalue weighted by molar-refractivity contribution is 0.266. The third kappa shape index (κ3) is 6.60. The molecule has 5 rings (SSSR count). The van der Waals surface area contributed by atoms with Crippen LogP contribution < -0.4 is 19.8 Å². The number of rotatable bonds is 10. The summed E-state index contributed by atoms with van der Waals surface area (Å²) in [6.45, 7) is 8.22. The average Bonchev–Trinajstić information content (AvgIpc) is 3.03. The smallest absolute Gasteiger partial charge is 0.282 e. The summed E-state index contributed by atoms with van der Waals surface area (Å²) in [5.41, 5.74) is 3.75. The van der Waals surface area contributed by atoms with Gasteiger partial charge in [-0.3, -0.25) is 4.79 Å². The first-order chi connectivity index (χ1) is 21.6. The number of ether oxygens (including phenoxy) is 3. The highest BCUT2D eigenvalue weighted by Crippen LogP contribution is 2.43. The summed E-state index contributed by atoms with van der Waals surface area (Å²) < 4.78 is 33.4. The number of aromatic nitrogens is 2. The van der Waals surface area contributed by atoms with Crippen molar-refractivity contribution in [1.29, 1.82) is 0 Å². The number of nitrogens with zero attached hydrogens (tertiary/aromatic N) is 3. The van der Waals surface area contributed by atoms with Gasteiger partial charge in [-0.2, -0.15) is 9.78 Å². The Morgan fingerprint density at radius 3 is 2.51 bits per heavy atom. The lowest BCUT2D eigenvalue weighted by atomic mass is 9.96. The van der Waals surface area contributed by atoms with Crippen LogP contribution in [0, 0.1) is 12.7 Å². The van der Waals surface area contributed by atoms with Crippen LogP contribution in [0.2, 0.25) is 5.02 Å². The molecule has 0 saturated carbocycles. The minimum absolute atomic E-state index is 0.0482. The Kier molecular flexibility index (Phi) is 9.90. The Bertz CT molecular complexity index is 1980. The van der Waals surface area contributed by atoms with E-state index in [0.29, 0.717) is 44.7 Å². The van der Waals surface area contributed by atoms with E-state index in [0.717, 1.165) is 22.4 Å². The summed E-state index contributed by atoms with van der Waals surface area (Å²) in [6.07, 6.45) is 1.52. The minimum atomic E-state index is -0.382. The summed E-state index contributed by atoms with van der Waals surface area (Å²) in [7, 11) is 1.64. The molecule has 45 heavy (non-hydrogen) atoms. The molecule has 0 spiro atoms. The number of benzene rings is 4. The maximum absolute atomic E-state index is 14.2. The minimum Gasteiger partial charge on any atom is -0.496 e. The molecule has 0 aliphatic rings. The maximum Gasteiger partial charge on any atom is 0.282 e. The fourth-order valence-corrected chi connectivity index (χ4v) is 5.61. The van der Waals surface area contributed by atoms with Crippen molar-refractivity contribution >= 4 is 44.6 Å². The molecule has 0 unspecified atom stereocenters. The number of aryl methyl sites for hydroxylation is 1. The normalized spacial score (nSPS) is 11.5. The van der Waals surface area contributed by atoms with Gasteiger partial charge in [-0.25, -0.2) is 9.37 Å². The van der Waals surface area contributed by atoms with Crippen LogP contribution in [0.3, 0.4) is 0 Å². The van der Waals surface area contributed by atoms with E-state index < -0.39 is 0 Å². The predicted molar refractivity (Wildman–Crippen MR) is 181 cm³/mol. The van der Waals surface area contributed by atoms with Gasteiger partial charge in [0.2, 0.25) is 0 Å². The Morgan fingerprint density at radius 2 is 1.80 bits per heavy atom. The van der Waals surface area contributed by atoms with Gasteiger partial charge in [-0.1, -0.05) is 55.8 Å². The quantitative estimate of drug-likeness (QED) is 0.137. The number of fused-ring (bicyclic) bond motifs is 1. The molecule has 0 fully saturated rings. The van der Waals surface area contributed by atoms with Crippen molar-refractivity contribution in [1.82, 2.24) is 9.66 Å². The summed E-state index contributed by atoms with van der Waals surface area (Å²) in [5.74, 6) is 1.54. The number of hydrogen-bond acceptors (Lipinski definition) is 6. The van der Waals surface area contributed by atoms with E-state index in [9.17, 15) is 9.18 Å². The van der Waals surface area contributed by atoms with E-state index >= 15 is 0 Å². The van der Waals surface area contributed by atoms with E-state index in [1.807, 2.05) is 32.0 Å². The highest BCUT2D eigenvalue weighted by Gasteiger charge is 2.20. The van der Waals surface area contributed by atoms with Gasteiger partial charge in [0.1, 0.15) is 23.2 Å². The van der Waals surface area contributed by atoms with E-state index in [1.165, 1.54) is 17.0 Å². The first-order valence-corrected chi connectivity index (χ1v) is 15.6. The third-order valence-electron chi connectivity index (χ3n) is 7.29. The molecule has 4 aromatic carbocycles. The highest BCUT2D eigenvalue weighted by atomic mass is 79.9. The van der Waals surface area contributed by atoms with Crippen molar-refractivity contribution in [3.63, 3.8) is 0 Å². The third-order valence-corrected chi connectivity index (χ3v) is 8.73. The molecule has 5 aromatic rings. The van der Waals surface area contributed by atoms with Crippen molar-refractivity contribution in [3.8, 4) is 28.6 Å². The SMILES string of the molecule is CCOc1cc(C=Nn2c(-c3cc(C(C)C)c(OC)cc3C)nc3ccccc3c2=O)c(Br)c(Cl)c1OCc1ccccc1F. The van der Waals surface area contributed by atoms with Crippen LogP contribution in [0.25, 0.3) is 22.3 Å². The first kappa shape index (κ1) is 32.2. The molecule has 0 aliphatic carbocycles. The summed E-state index contributed by atoms with van der Waals surface area (Å²) in [4.78, 5) is 18.8. The Hall–Kier alpha value is -4.21.